The molecule has 172 valence electrons. The summed E-state index contributed by atoms with van der Waals surface area (Å²) in [5.74, 6) is -0.253. The number of nitrogens with zero attached hydrogens (tertiary/aromatic N) is 1. The fourth-order valence-corrected chi connectivity index (χ4v) is 5.13. The topological polar surface area (TPSA) is 79.9 Å². The second kappa shape index (κ2) is 9.59. The molecule has 0 bridgehead atoms. The van der Waals surface area contributed by atoms with Gasteiger partial charge in [-0.15, -0.1) is 0 Å². The summed E-state index contributed by atoms with van der Waals surface area (Å²) < 4.78 is 11.2. The Morgan fingerprint density at radius 1 is 1.03 bits per heavy atom. The molecule has 2 saturated heterocycles. The number of ether oxygens (including phenoxy) is 2. The lowest BCUT2D eigenvalue weighted by molar-refractivity contribution is -0.137. The first-order valence-corrected chi connectivity index (χ1v) is 11.8. The molecule has 8 heteroatoms. The summed E-state index contributed by atoms with van der Waals surface area (Å²) in [6, 6.07) is 17.4. The van der Waals surface area contributed by atoms with Gasteiger partial charge in [-0.3, -0.25) is 14.5 Å². The molecule has 4 atom stereocenters. The van der Waals surface area contributed by atoms with E-state index in [4.69, 9.17) is 21.7 Å². The second-order valence-corrected chi connectivity index (χ2v) is 9.16. The number of nitrogens with one attached hydrogen (secondary N) is 2. The number of amides is 2. The lowest BCUT2D eigenvalue weighted by atomic mass is 9.79. The number of carbonyl (C=O) groups is 2. The van der Waals surface area contributed by atoms with Crippen LogP contribution in [0.25, 0.3) is 0 Å². The molecule has 0 aromatic heterocycles. The Balaban J connectivity index is 1.17. The highest BCUT2D eigenvalue weighted by Crippen LogP contribution is 2.35. The van der Waals surface area contributed by atoms with Gasteiger partial charge in [-0.05, 0) is 54.7 Å². The number of carbonyl (C=O) groups excluding carboxylic acids is 2. The van der Waals surface area contributed by atoms with Gasteiger partial charge in [0, 0.05) is 18.2 Å². The van der Waals surface area contributed by atoms with Gasteiger partial charge in [0.1, 0.15) is 6.79 Å². The maximum Gasteiger partial charge on any atom is 0.251 e. The molecule has 2 heterocycles. The monoisotopic (exact) mass is 465 g/mol. The summed E-state index contributed by atoms with van der Waals surface area (Å²) in [7, 11) is 0. The number of fused-ring (bicyclic) bond motifs is 2. The Kier molecular flexibility index (Phi) is 6.39. The van der Waals surface area contributed by atoms with Crippen LogP contribution in [0.5, 0.6) is 0 Å². The van der Waals surface area contributed by atoms with E-state index in [0.717, 1.165) is 18.4 Å². The van der Waals surface area contributed by atoms with Gasteiger partial charge in [0.2, 0.25) is 5.91 Å². The van der Waals surface area contributed by atoms with Crippen LogP contribution in [0, 0.1) is 5.92 Å². The molecular weight excluding hydrogens is 438 g/mol. The third kappa shape index (κ3) is 4.78. The Hall–Kier alpha value is -2.81. The Morgan fingerprint density at radius 3 is 2.52 bits per heavy atom. The van der Waals surface area contributed by atoms with Gasteiger partial charge in [0.25, 0.3) is 5.91 Å². The molecule has 2 aliphatic heterocycles. The van der Waals surface area contributed by atoms with Crippen LogP contribution in [-0.2, 0) is 27.2 Å². The average Bonchev–Trinajstić information content (AvgIpc) is 3.29. The minimum absolute atomic E-state index is 0.00819. The normalized spacial score (nSPS) is 26.4. The fourth-order valence-electron chi connectivity index (χ4n) is 4.83. The van der Waals surface area contributed by atoms with Crippen molar-refractivity contribution >= 4 is 29.1 Å². The van der Waals surface area contributed by atoms with E-state index in [-0.39, 0.29) is 36.0 Å². The minimum Gasteiger partial charge on any atom is -0.359 e. The van der Waals surface area contributed by atoms with Gasteiger partial charge in [-0.25, -0.2) is 0 Å². The number of thiocarbonyl (C=S) groups is 1. The van der Waals surface area contributed by atoms with Gasteiger partial charge in [0.05, 0.1) is 24.7 Å². The van der Waals surface area contributed by atoms with Crippen molar-refractivity contribution in [2.75, 3.05) is 13.3 Å². The van der Waals surface area contributed by atoms with Crippen LogP contribution in [0.2, 0.25) is 0 Å². The van der Waals surface area contributed by atoms with Crippen LogP contribution in [-0.4, -0.2) is 53.4 Å². The molecule has 0 spiro atoms. The highest BCUT2D eigenvalue weighted by Gasteiger charge is 2.48. The molecule has 7 nitrogen and oxygen atoms in total. The molecule has 5 rings (SSSR count). The summed E-state index contributed by atoms with van der Waals surface area (Å²) >= 11 is 5.50. The Bertz CT molecular complexity index is 1030. The number of rotatable bonds is 6. The van der Waals surface area contributed by atoms with E-state index in [2.05, 4.69) is 10.6 Å². The van der Waals surface area contributed by atoms with Crippen molar-refractivity contribution in [2.24, 2.45) is 5.92 Å². The third-order valence-electron chi connectivity index (χ3n) is 6.67. The van der Waals surface area contributed by atoms with Gasteiger partial charge in [0.15, 0.2) is 5.11 Å². The Labute approximate surface area is 198 Å². The van der Waals surface area contributed by atoms with Crippen LogP contribution in [0.1, 0.15) is 34.3 Å². The Morgan fingerprint density at radius 2 is 1.76 bits per heavy atom. The van der Waals surface area contributed by atoms with Gasteiger partial charge >= 0.3 is 0 Å². The maximum atomic E-state index is 13.2. The number of hydrogen-bond acceptors (Lipinski definition) is 5. The first-order valence-electron chi connectivity index (χ1n) is 11.3. The number of benzene rings is 2. The molecule has 1 aliphatic carbocycles. The molecule has 0 radical (unpaired) electrons. The van der Waals surface area contributed by atoms with Crippen LogP contribution in [0.4, 0.5) is 0 Å². The van der Waals surface area contributed by atoms with Gasteiger partial charge in [-0.1, -0.05) is 42.5 Å². The summed E-state index contributed by atoms with van der Waals surface area (Å²) in [5.41, 5.74) is 2.70. The number of hydrogen-bond donors (Lipinski definition) is 2. The zero-order chi connectivity index (χ0) is 22.8. The van der Waals surface area contributed by atoms with Crippen molar-refractivity contribution in [3.8, 4) is 0 Å². The summed E-state index contributed by atoms with van der Waals surface area (Å²) in [5, 5.41) is 6.74. The zero-order valence-corrected chi connectivity index (χ0v) is 19.1. The molecule has 3 fully saturated rings. The van der Waals surface area contributed by atoms with Crippen LogP contribution in [0.3, 0.4) is 0 Å². The lowest BCUT2D eigenvalue weighted by Crippen LogP contribution is -2.63. The second-order valence-electron chi connectivity index (χ2n) is 8.77. The van der Waals surface area contributed by atoms with E-state index >= 15 is 0 Å². The molecule has 2 aromatic carbocycles. The predicted octanol–water partition coefficient (Wildman–Crippen LogP) is 2.40. The highest BCUT2D eigenvalue weighted by atomic mass is 32.1. The molecule has 2 N–H and O–H groups in total. The van der Waals surface area contributed by atoms with E-state index in [9.17, 15) is 9.59 Å². The van der Waals surface area contributed by atoms with Crippen molar-refractivity contribution in [1.29, 1.82) is 0 Å². The standard InChI is InChI=1S/C25H27N3O4S/c29-23(26-11-10-16-4-2-1-3-5-16)18-8-6-17(7-9-18)14-28-24(30)19-12-21-22(32-15-31-21)13-20(19)27-25(28)33/h1-9,19-22H,10-15H2,(H,26,29)(H,27,33). The minimum atomic E-state index is -0.172. The van der Waals surface area contributed by atoms with Crippen LogP contribution in [0.15, 0.2) is 54.6 Å². The van der Waals surface area contributed by atoms with Gasteiger partial charge < -0.3 is 20.1 Å². The first kappa shape index (κ1) is 22.0. The fraction of sp³-hybridized carbons (Fsp3) is 0.400. The van der Waals surface area contributed by atoms with E-state index < -0.39 is 0 Å². The van der Waals surface area contributed by atoms with E-state index in [1.54, 1.807) is 17.0 Å². The third-order valence-corrected chi connectivity index (χ3v) is 7.01. The maximum absolute atomic E-state index is 13.2. The van der Waals surface area contributed by atoms with Crippen molar-refractivity contribution < 1.29 is 19.1 Å². The average molecular weight is 466 g/mol. The summed E-state index contributed by atoms with van der Waals surface area (Å²) in [4.78, 5) is 27.3. The van der Waals surface area contributed by atoms with Crippen LogP contribution < -0.4 is 10.6 Å². The van der Waals surface area contributed by atoms with Crippen molar-refractivity contribution in [3.63, 3.8) is 0 Å². The molecule has 2 amide bonds. The SMILES string of the molecule is O=C(NCCc1ccccc1)c1ccc(CN2C(=O)C3CC4OCOC4CC3NC2=S)cc1. The molecular formula is C25H27N3O4S. The quantitative estimate of drug-likeness (QED) is 0.638. The zero-order valence-electron chi connectivity index (χ0n) is 18.2. The summed E-state index contributed by atoms with van der Waals surface area (Å²) in [6.07, 6.45) is 2.16. The van der Waals surface area contributed by atoms with Crippen molar-refractivity contribution in [3.05, 3.63) is 71.3 Å². The van der Waals surface area contributed by atoms with Crippen LogP contribution >= 0.6 is 12.2 Å². The van der Waals surface area contributed by atoms with E-state index in [1.807, 2.05) is 42.5 Å². The smallest absolute Gasteiger partial charge is 0.251 e. The first-order chi connectivity index (χ1) is 16.1. The predicted molar refractivity (Wildman–Crippen MR) is 126 cm³/mol. The van der Waals surface area contributed by atoms with E-state index in [1.165, 1.54) is 5.56 Å². The molecule has 4 unspecified atom stereocenters. The molecule has 3 aliphatic rings. The lowest BCUT2D eigenvalue weighted by Gasteiger charge is -2.44. The van der Waals surface area contributed by atoms with Gasteiger partial charge in [-0.2, -0.15) is 0 Å². The molecule has 2 aromatic rings. The van der Waals surface area contributed by atoms with E-state index in [0.29, 0.717) is 37.0 Å². The summed E-state index contributed by atoms with van der Waals surface area (Å²) in [6.45, 7) is 1.24. The van der Waals surface area contributed by atoms with Crippen molar-refractivity contribution in [1.82, 2.24) is 15.5 Å². The molecule has 1 saturated carbocycles. The largest absolute Gasteiger partial charge is 0.359 e. The van der Waals surface area contributed by atoms with Crippen molar-refractivity contribution in [2.45, 2.75) is 44.1 Å². The molecule has 33 heavy (non-hydrogen) atoms. The highest BCUT2D eigenvalue weighted by molar-refractivity contribution is 7.80.